The van der Waals surface area contributed by atoms with E-state index in [4.69, 9.17) is 0 Å². The summed E-state index contributed by atoms with van der Waals surface area (Å²) in [4.78, 5) is 10.1. The average Bonchev–Trinajstić information content (AvgIpc) is 2.17. The van der Waals surface area contributed by atoms with Crippen molar-refractivity contribution in [1.82, 2.24) is 0 Å². The summed E-state index contributed by atoms with van der Waals surface area (Å²) in [5, 5.41) is 0. The van der Waals surface area contributed by atoms with Gasteiger partial charge in [0.25, 0.3) is 0 Å². The molecule has 60 valence electrons. The molecular weight excluding hydrogens is 366 g/mol. The maximum absolute atomic E-state index is 10.1. The van der Waals surface area contributed by atoms with Gasteiger partial charge in [-0.05, 0) is 0 Å². The number of rotatable bonds is 0. The maximum atomic E-state index is 10.1. The molecule has 0 aromatic heterocycles. The standard InChI is InChI=1S/C5H5O2.C3H7.U/c1-4-2-5(6)7-3-4;1-3-2;/h3H2,1H3;3H,1-2H3;/q2*-1;+2. The van der Waals surface area contributed by atoms with Crippen molar-refractivity contribution in [3.8, 4) is 0 Å². The Labute approximate surface area is 91.8 Å². The minimum Gasteiger partial charge on any atom is -0.488 e. The number of cyclic esters (lactones) is 1. The van der Waals surface area contributed by atoms with Crippen molar-refractivity contribution in [2.24, 2.45) is 0 Å². The molecule has 0 N–H and O–H groups in total. The van der Waals surface area contributed by atoms with Crippen LogP contribution in [0.4, 0.5) is 0 Å². The van der Waals surface area contributed by atoms with E-state index >= 15 is 0 Å². The molecule has 0 unspecified atom stereocenters. The molecule has 0 saturated heterocycles. The van der Waals surface area contributed by atoms with Crippen LogP contribution in [0.3, 0.4) is 0 Å². The second kappa shape index (κ2) is 8.36. The van der Waals surface area contributed by atoms with E-state index in [0.29, 0.717) is 6.61 Å². The van der Waals surface area contributed by atoms with Gasteiger partial charge in [-0.3, -0.25) is 4.79 Å². The van der Waals surface area contributed by atoms with E-state index in [9.17, 15) is 4.79 Å². The molecule has 1 rings (SSSR count). The van der Waals surface area contributed by atoms with Gasteiger partial charge < -0.3 is 17.2 Å². The third-order valence-electron chi connectivity index (χ3n) is 0.735. The van der Waals surface area contributed by atoms with E-state index in [0.717, 1.165) is 5.57 Å². The smallest absolute Gasteiger partial charge is 0.488 e. The summed E-state index contributed by atoms with van der Waals surface area (Å²) < 4.78 is 4.48. The van der Waals surface area contributed by atoms with E-state index < -0.39 is 0 Å². The Balaban J connectivity index is 0. The molecule has 1 aliphatic heterocycles. The maximum Gasteiger partial charge on any atom is 2.00 e. The van der Waals surface area contributed by atoms with E-state index in [1.54, 1.807) is 0 Å². The van der Waals surface area contributed by atoms with Crippen LogP contribution in [0.15, 0.2) is 5.57 Å². The van der Waals surface area contributed by atoms with Crippen molar-refractivity contribution in [1.29, 1.82) is 0 Å². The fourth-order valence-electron chi connectivity index (χ4n) is 0.420. The molecular formula is C8H12O2U. The molecule has 0 bridgehead atoms. The number of ether oxygens (including phenoxy) is 1. The zero-order valence-corrected chi connectivity index (χ0v) is 11.3. The van der Waals surface area contributed by atoms with Gasteiger partial charge in [-0.15, -0.1) is 0 Å². The Hall–Kier alpha value is 0.262. The van der Waals surface area contributed by atoms with Gasteiger partial charge in [0.05, 0.1) is 6.61 Å². The Morgan fingerprint density at radius 2 is 2.00 bits per heavy atom. The van der Waals surface area contributed by atoms with Crippen molar-refractivity contribution in [2.75, 3.05) is 6.61 Å². The van der Waals surface area contributed by atoms with Gasteiger partial charge in [0.15, 0.2) is 0 Å². The molecule has 3 heteroatoms. The minimum absolute atomic E-state index is 0. The van der Waals surface area contributed by atoms with Gasteiger partial charge in [0.2, 0.25) is 0 Å². The molecule has 0 aliphatic carbocycles. The van der Waals surface area contributed by atoms with Crippen molar-refractivity contribution < 1.29 is 40.6 Å². The number of hydrogen-bond acceptors (Lipinski definition) is 2. The van der Waals surface area contributed by atoms with Gasteiger partial charge in [-0.25, -0.2) is 5.57 Å². The van der Waals surface area contributed by atoms with Gasteiger partial charge in [-0.1, -0.05) is 6.92 Å². The van der Waals surface area contributed by atoms with Gasteiger partial charge in [0.1, 0.15) is 5.97 Å². The number of esters is 1. The largest absolute Gasteiger partial charge is 2.00 e. The van der Waals surface area contributed by atoms with E-state index in [1.807, 2.05) is 27.2 Å². The fourth-order valence-corrected chi connectivity index (χ4v) is 0.420. The molecule has 0 atom stereocenters. The summed E-state index contributed by atoms with van der Waals surface area (Å²) in [7, 11) is 0. The van der Waals surface area contributed by atoms with Crippen LogP contribution >= 0.6 is 0 Å². The van der Waals surface area contributed by atoms with Crippen LogP contribution < -0.4 is 0 Å². The summed E-state index contributed by atoms with van der Waals surface area (Å²) in [6.07, 6.45) is 4.47. The Morgan fingerprint density at radius 3 is 2.09 bits per heavy atom. The summed E-state index contributed by atoms with van der Waals surface area (Å²) in [5.41, 5.74) is 0.880. The van der Waals surface area contributed by atoms with E-state index in [1.165, 1.54) is 0 Å². The fraction of sp³-hybridized carbons (Fsp3) is 0.500. The van der Waals surface area contributed by atoms with Crippen LogP contribution in [0, 0.1) is 43.6 Å². The molecule has 1 aliphatic rings. The van der Waals surface area contributed by atoms with Crippen LogP contribution in [0.5, 0.6) is 0 Å². The topological polar surface area (TPSA) is 26.3 Å². The average molecular weight is 378 g/mol. The first-order valence-electron chi connectivity index (χ1n) is 3.21. The first kappa shape index (κ1) is 13.8. The predicted molar refractivity (Wildman–Crippen MR) is 39.0 cm³/mol. The molecule has 11 heavy (non-hydrogen) atoms. The Morgan fingerprint density at radius 1 is 1.55 bits per heavy atom. The zero-order valence-electron chi connectivity index (χ0n) is 7.10. The molecule has 0 aromatic rings. The number of carbonyl (C=O) groups excluding carboxylic acids is 1. The van der Waals surface area contributed by atoms with E-state index in [-0.39, 0.29) is 37.1 Å². The third-order valence-corrected chi connectivity index (χ3v) is 0.735. The summed E-state index contributed by atoms with van der Waals surface area (Å²) in [5.74, 6) is -0.336. The Kier molecular flexibility index (Phi) is 10.5. The molecule has 2 nitrogen and oxygen atoms in total. The van der Waals surface area contributed by atoms with Crippen LogP contribution in [0.2, 0.25) is 0 Å². The van der Waals surface area contributed by atoms with Gasteiger partial charge in [0, 0.05) is 0 Å². The summed E-state index contributed by atoms with van der Waals surface area (Å²) in [6, 6.07) is 0. The minimum atomic E-state index is -0.336. The van der Waals surface area contributed by atoms with Gasteiger partial charge in [-0.2, -0.15) is 13.8 Å². The van der Waals surface area contributed by atoms with Crippen LogP contribution in [0.25, 0.3) is 0 Å². The number of hydrogen-bond donors (Lipinski definition) is 0. The summed E-state index contributed by atoms with van der Waals surface area (Å²) >= 11 is 0. The Bertz CT molecular complexity index is 141. The molecule has 0 fully saturated rings. The van der Waals surface area contributed by atoms with Crippen molar-refractivity contribution >= 4 is 5.97 Å². The SMILES string of the molecule is CC1=[C-]C(=O)OC1.C[CH-]C.[U+2]. The predicted octanol–water partition coefficient (Wildman–Crippen LogP) is 1.52. The quantitative estimate of drug-likeness (QED) is 0.472. The molecule has 0 radical (unpaired) electrons. The normalized spacial score (nSPS) is 13.7. The second-order valence-electron chi connectivity index (χ2n) is 2.06. The number of carbonyl (C=O) groups is 1. The first-order valence-corrected chi connectivity index (χ1v) is 3.21. The first-order chi connectivity index (χ1) is 4.70. The van der Waals surface area contributed by atoms with Crippen LogP contribution in [-0.2, 0) is 9.53 Å². The van der Waals surface area contributed by atoms with Crippen molar-refractivity contribution in [2.45, 2.75) is 20.8 Å². The van der Waals surface area contributed by atoms with E-state index in [2.05, 4.69) is 10.8 Å². The summed E-state index contributed by atoms with van der Waals surface area (Å²) in [6.45, 7) is 6.24. The van der Waals surface area contributed by atoms with Crippen LogP contribution in [-0.4, -0.2) is 12.6 Å². The van der Waals surface area contributed by atoms with Crippen molar-refractivity contribution in [3.05, 3.63) is 18.1 Å². The molecule has 1 heterocycles. The zero-order chi connectivity index (χ0) is 7.98. The molecule has 0 aromatic carbocycles. The third kappa shape index (κ3) is 8.17. The van der Waals surface area contributed by atoms with Gasteiger partial charge >= 0.3 is 31.1 Å². The van der Waals surface area contributed by atoms with Crippen molar-refractivity contribution in [3.63, 3.8) is 0 Å². The second-order valence-corrected chi connectivity index (χ2v) is 2.06. The molecule has 0 spiro atoms. The molecule has 0 saturated carbocycles. The van der Waals surface area contributed by atoms with Crippen LogP contribution in [0.1, 0.15) is 20.8 Å². The molecule has 0 amide bonds. The monoisotopic (exact) mass is 378 g/mol.